The van der Waals surface area contributed by atoms with Crippen LogP contribution in [0.2, 0.25) is 0 Å². The molecule has 3 N–H and O–H groups in total. The van der Waals surface area contributed by atoms with Crippen molar-refractivity contribution < 1.29 is 19.1 Å². The Bertz CT molecular complexity index is 1030. The second kappa shape index (κ2) is 10.4. The van der Waals surface area contributed by atoms with Gasteiger partial charge in [0.15, 0.2) is 0 Å². The Morgan fingerprint density at radius 3 is 2.60 bits per heavy atom. The summed E-state index contributed by atoms with van der Waals surface area (Å²) in [5.74, 6) is -1.20. The normalized spacial score (nSPS) is 31.2. The van der Waals surface area contributed by atoms with Crippen LogP contribution in [0, 0.1) is 34.9 Å². The second-order valence-electron chi connectivity index (χ2n) is 10.6. The fourth-order valence-electron chi connectivity index (χ4n) is 6.30. The van der Waals surface area contributed by atoms with E-state index in [1.54, 1.807) is 12.1 Å². The fourth-order valence-corrected chi connectivity index (χ4v) is 6.30. The first-order valence-electron chi connectivity index (χ1n) is 12.5. The molecule has 7 nitrogen and oxygen atoms in total. The molecule has 2 aliphatic rings. The number of amides is 2. The smallest absolute Gasteiger partial charge is 0.271 e. The Balaban J connectivity index is 1.41. The van der Waals surface area contributed by atoms with Gasteiger partial charge < -0.3 is 15.7 Å². The molecule has 0 unspecified atom stereocenters. The van der Waals surface area contributed by atoms with E-state index >= 15 is 0 Å². The monoisotopic (exact) mass is 482 g/mol. The van der Waals surface area contributed by atoms with E-state index in [2.05, 4.69) is 34.4 Å². The molecular weight excluding hydrogens is 447 g/mol. The van der Waals surface area contributed by atoms with Crippen molar-refractivity contribution >= 4 is 11.8 Å². The number of fused-ring (bicyclic) bond motifs is 1. The summed E-state index contributed by atoms with van der Waals surface area (Å²) in [4.78, 5) is 33.7. The lowest BCUT2D eigenvalue weighted by Gasteiger charge is -2.56. The Morgan fingerprint density at radius 1 is 1.20 bits per heavy atom. The summed E-state index contributed by atoms with van der Waals surface area (Å²) in [6.45, 7) is 6.51. The maximum Gasteiger partial charge on any atom is 0.271 e. The molecule has 188 valence electrons. The first kappa shape index (κ1) is 25.2. The van der Waals surface area contributed by atoms with Gasteiger partial charge >= 0.3 is 0 Å². The Morgan fingerprint density at radius 2 is 1.91 bits per heavy atom. The number of hydrogen-bond donors (Lipinski definition) is 3. The highest BCUT2D eigenvalue weighted by atomic mass is 19.1. The van der Waals surface area contributed by atoms with Gasteiger partial charge in [0, 0.05) is 30.9 Å². The molecule has 0 spiro atoms. The van der Waals surface area contributed by atoms with Gasteiger partial charge in [-0.1, -0.05) is 32.9 Å². The average molecular weight is 483 g/mol. The number of carbonyl (C=O) groups excluding carboxylic acids is 2. The molecule has 2 fully saturated rings. The highest BCUT2D eigenvalue weighted by Gasteiger charge is 2.53. The molecule has 0 radical (unpaired) electrons. The van der Waals surface area contributed by atoms with Crippen molar-refractivity contribution in [2.45, 2.75) is 65.1 Å². The summed E-state index contributed by atoms with van der Waals surface area (Å²) in [5.41, 5.74) is 1.07. The van der Waals surface area contributed by atoms with Crippen molar-refractivity contribution in [1.29, 1.82) is 0 Å². The number of carbonyl (C=O) groups is 2. The number of aliphatic hydroxyl groups is 1. The summed E-state index contributed by atoms with van der Waals surface area (Å²) in [6, 6.07) is 5.97. The lowest BCUT2D eigenvalue weighted by Crippen LogP contribution is -2.58. The number of aromatic nitrogens is 2. The van der Waals surface area contributed by atoms with Gasteiger partial charge in [0.2, 0.25) is 5.91 Å². The van der Waals surface area contributed by atoms with Crippen LogP contribution in [0.3, 0.4) is 0 Å². The zero-order chi connectivity index (χ0) is 25.2. The molecule has 2 aliphatic carbocycles. The van der Waals surface area contributed by atoms with Crippen molar-refractivity contribution in [1.82, 2.24) is 20.6 Å². The number of aliphatic hydroxyl groups excluding tert-OH is 1. The van der Waals surface area contributed by atoms with E-state index in [0.29, 0.717) is 6.54 Å². The average Bonchev–Trinajstić information content (AvgIpc) is 2.85. The van der Waals surface area contributed by atoms with E-state index in [0.717, 1.165) is 31.2 Å². The van der Waals surface area contributed by atoms with Gasteiger partial charge in [-0.2, -0.15) is 0 Å². The molecule has 0 saturated heterocycles. The third-order valence-corrected chi connectivity index (χ3v) is 8.44. The van der Waals surface area contributed by atoms with Crippen molar-refractivity contribution in [3.8, 4) is 0 Å². The number of nitrogens with one attached hydrogen (secondary N) is 2. The van der Waals surface area contributed by atoms with Crippen molar-refractivity contribution in [3.63, 3.8) is 0 Å². The summed E-state index contributed by atoms with van der Waals surface area (Å²) in [7, 11) is 0. The van der Waals surface area contributed by atoms with Gasteiger partial charge in [-0.25, -0.2) is 9.37 Å². The van der Waals surface area contributed by atoms with Gasteiger partial charge in [-0.15, -0.1) is 0 Å². The lowest BCUT2D eigenvalue weighted by molar-refractivity contribution is -0.142. The third kappa shape index (κ3) is 5.37. The summed E-state index contributed by atoms with van der Waals surface area (Å²) < 4.78 is 13.1. The highest BCUT2D eigenvalue weighted by molar-refractivity contribution is 5.92. The van der Waals surface area contributed by atoms with E-state index in [4.69, 9.17) is 0 Å². The number of benzene rings is 1. The van der Waals surface area contributed by atoms with Crippen LogP contribution in [0.1, 0.15) is 62.5 Å². The second-order valence-corrected chi connectivity index (χ2v) is 10.6. The summed E-state index contributed by atoms with van der Waals surface area (Å²) in [5, 5.41) is 17.6. The van der Waals surface area contributed by atoms with Crippen LogP contribution < -0.4 is 10.6 Å². The molecule has 2 aromatic rings. The molecule has 7 atom stereocenters. The van der Waals surface area contributed by atoms with Crippen LogP contribution in [-0.4, -0.2) is 39.0 Å². The van der Waals surface area contributed by atoms with Gasteiger partial charge in [0.25, 0.3) is 5.91 Å². The number of halogens is 1. The van der Waals surface area contributed by atoms with Crippen LogP contribution in [0.25, 0.3) is 0 Å². The summed E-state index contributed by atoms with van der Waals surface area (Å²) >= 11 is 0. The topological polar surface area (TPSA) is 104 Å². The van der Waals surface area contributed by atoms with E-state index < -0.39 is 6.10 Å². The SMILES string of the molecule is C[C@@H]1[C@@H]2[C@@H](O)[C@@H]([C@H](C)C(=O)NCc3ccc(F)cc3)CC[C@]2(C)CC[C@@H]1NC(=O)c1cnccn1. The fraction of sp³-hybridized carbons (Fsp3) is 0.556. The lowest BCUT2D eigenvalue weighted by atomic mass is 9.51. The predicted molar refractivity (Wildman–Crippen MR) is 129 cm³/mol. The van der Waals surface area contributed by atoms with Crippen molar-refractivity contribution in [2.75, 3.05) is 0 Å². The summed E-state index contributed by atoms with van der Waals surface area (Å²) in [6.07, 6.45) is 7.28. The van der Waals surface area contributed by atoms with Gasteiger partial charge in [0.05, 0.1) is 12.3 Å². The minimum atomic E-state index is -0.647. The molecular formula is C27H35FN4O3. The van der Waals surface area contributed by atoms with Crippen molar-refractivity contribution in [3.05, 3.63) is 59.9 Å². The molecule has 0 aliphatic heterocycles. The predicted octanol–water partition coefficient (Wildman–Crippen LogP) is 3.49. The largest absolute Gasteiger partial charge is 0.392 e. The molecule has 1 aromatic carbocycles. The number of rotatable bonds is 6. The highest BCUT2D eigenvalue weighted by Crippen LogP contribution is 2.55. The molecule has 2 saturated carbocycles. The van der Waals surface area contributed by atoms with E-state index in [1.165, 1.54) is 30.7 Å². The van der Waals surface area contributed by atoms with E-state index in [9.17, 15) is 19.1 Å². The molecule has 1 heterocycles. The van der Waals surface area contributed by atoms with Gasteiger partial charge in [0.1, 0.15) is 11.5 Å². The Hall–Kier alpha value is -2.87. The molecule has 2 amide bonds. The molecule has 35 heavy (non-hydrogen) atoms. The van der Waals surface area contributed by atoms with Crippen LogP contribution >= 0.6 is 0 Å². The quantitative estimate of drug-likeness (QED) is 0.585. The molecule has 8 heteroatoms. The zero-order valence-electron chi connectivity index (χ0n) is 20.6. The van der Waals surface area contributed by atoms with Crippen LogP contribution in [0.4, 0.5) is 4.39 Å². The molecule has 4 rings (SSSR count). The van der Waals surface area contributed by atoms with E-state index in [-0.39, 0.29) is 58.5 Å². The first-order chi connectivity index (χ1) is 16.7. The first-order valence-corrected chi connectivity index (χ1v) is 12.5. The Kier molecular flexibility index (Phi) is 7.50. The molecule has 0 bridgehead atoms. The van der Waals surface area contributed by atoms with Crippen LogP contribution in [0.5, 0.6) is 0 Å². The van der Waals surface area contributed by atoms with E-state index in [1.807, 2.05) is 6.92 Å². The zero-order valence-corrected chi connectivity index (χ0v) is 20.6. The van der Waals surface area contributed by atoms with Crippen LogP contribution in [0.15, 0.2) is 42.9 Å². The maximum absolute atomic E-state index is 13.1. The van der Waals surface area contributed by atoms with Crippen LogP contribution in [-0.2, 0) is 11.3 Å². The third-order valence-electron chi connectivity index (χ3n) is 8.44. The minimum Gasteiger partial charge on any atom is -0.392 e. The number of nitrogens with zero attached hydrogens (tertiary/aromatic N) is 2. The standard InChI is InChI=1S/C27H35FN4O3/c1-16(25(34)31-14-18-4-6-19(28)7-5-18)20-8-10-27(3)11-9-21(17(2)23(27)24(20)33)32-26(35)22-15-29-12-13-30-22/h4-7,12-13,15-17,20-21,23-24,33H,8-11,14H2,1-3H3,(H,31,34)(H,32,35)/t16-,17-,20+,21-,23+,24-,27+/m0/s1. The molecule has 1 aromatic heterocycles. The number of hydrogen-bond acceptors (Lipinski definition) is 5. The maximum atomic E-state index is 13.1. The Labute approximate surface area is 206 Å². The van der Waals surface area contributed by atoms with Crippen molar-refractivity contribution in [2.24, 2.45) is 29.1 Å². The minimum absolute atomic E-state index is 0.0329. The van der Waals surface area contributed by atoms with Gasteiger partial charge in [-0.3, -0.25) is 14.6 Å². The van der Waals surface area contributed by atoms with Gasteiger partial charge in [-0.05, 0) is 66.5 Å².